The van der Waals surface area contributed by atoms with Crippen molar-refractivity contribution in [3.8, 4) is 17.1 Å². The van der Waals surface area contributed by atoms with E-state index < -0.39 is 0 Å². The molecule has 118 valence electrons. The highest BCUT2D eigenvalue weighted by Gasteiger charge is 2.20. The highest BCUT2D eigenvalue weighted by molar-refractivity contribution is 5.83. The van der Waals surface area contributed by atoms with E-state index in [2.05, 4.69) is 28.5 Å². The molecule has 23 heavy (non-hydrogen) atoms. The number of aromatic amines is 1. The zero-order valence-electron chi connectivity index (χ0n) is 13.3. The molecule has 0 aliphatic carbocycles. The second-order valence-corrected chi connectivity index (χ2v) is 6.05. The van der Waals surface area contributed by atoms with Gasteiger partial charge in [-0.05, 0) is 55.6 Å². The number of hydrogen-bond acceptors (Lipinski definition) is 3. The van der Waals surface area contributed by atoms with E-state index in [9.17, 15) is 0 Å². The quantitative estimate of drug-likeness (QED) is 0.775. The maximum atomic E-state index is 5.47. The molecule has 1 fully saturated rings. The molecule has 0 spiro atoms. The summed E-state index contributed by atoms with van der Waals surface area (Å²) in [6.07, 6.45) is 2.35. The molecule has 1 aliphatic rings. The van der Waals surface area contributed by atoms with Gasteiger partial charge < -0.3 is 15.0 Å². The molecule has 0 amide bonds. The van der Waals surface area contributed by atoms with Gasteiger partial charge in [-0.1, -0.05) is 24.3 Å². The number of ether oxygens (including phenoxy) is 1. The smallest absolute Gasteiger partial charge is 0.142 e. The first-order valence-corrected chi connectivity index (χ1v) is 8.19. The highest BCUT2D eigenvalue weighted by Crippen LogP contribution is 2.34. The van der Waals surface area contributed by atoms with Crippen LogP contribution in [0.1, 0.15) is 24.3 Å². The summed E-state index contributed by atoms with van der Waals surface area (Å²) in [5, 5.41) is 3.43. The normalized spacial score (nSPS) is 15.9. The zero-order valence-corrected chi connectivity index (χ0v) is 13.3. The van der Waals surface area contributed by atoms with E-state index in [1.54, 1.807) is 7.11 Å². The van der Waals surface area contributed by atoms with Crippen molar-refractivity contribution in [1.29, 1.82) is 0 Å². The Bertz CT molecular complexity index is 818. The Hall–Kier alpha value is -2.33. The first-order valence-electron chi connectivity index (χ1n) is 8.19. The molecule has 0 atom stereocenters. The summed E-state index contributed by atoms with van der Waals surface area (Å²) in [6.45, 7) is 2.18. The van der Waals surface area contributed by atoms with Gasteiger partial charge in [-0.3, -0.25) is 0 Å². The lowest BCUT2D eigenvalue weighted by atomic mass is 9.89. The number of piperidine rings is 1. The standard InChI is InChI=1S/C19H21N3O/c1-23-17-8-3-2-5-15(17)19-21-16-7-4-6-14(18(16)22-19)13-9-11-20-12-10-13/h2-8,13,20H,9-12H2,1H3,(H,21,22). The lowest BCUT2D eigenvalue weighted by Gasteiger charge is -2.23. The second-order valence-electron chi connectivity index (χ2n) is 6.05. The maximum absolute atomic E-state index is 5.47. The lowest BCUT2D eigenvalue weighted by Crippen LogP contribution is -2.26. The number of nitrogens with zero attached hydrogens (tertiary/aromatic N) is 1. The van der Waals surface area contributed by atoms with Crippen LogP contribution in [0.15, 0.2) is 42.5 Å². The van der Waals surface area contributed by atoms with E-state index in [0.29, 0.717) is 5.92 Å². The SMILES string of the molecule is COc1ccccc1-c1nc2c(C3CCNCC3)cccc2[nH]1. The summed E-state index contributed by atoms with van der Waals surface area (Å²) < 4.78 is 5.47. The van der Waals surface area contributed by atoms with Gasteiger partial charge in [0.15, 0.2) is 0 Å². The molecule has 0 radical (unpaired) electrons. The van der Waals surface area contributed by atoms with Gasteiger partial charge in [0.25, 0.3) is 0 Å². The van der Waals surface area contributed by atoms with Gasteiger partial charge in [-0.25, -0.2) is 4.98 Å². The van der Waals surface area contributed by atoms with Crippen LogP contribution in [-0.4, -0.2) is 30.2 Å². The maximum Gasteiger partial charge on any atom is 0.142 e. The summed E-state index contributed by atoms with van der Waals surface area (Å²) in [7, 11) is 1.70. The van der Waals surface area contributed by atoms with Crippen LogP contribution in [0, 0.1) is 0 Å². The third-order valence-corrected chi connectivity index (χ3v) is 4.68. The summed E-state index contributed by atoms with van der Waals surface area (Å²) >= 11 is 0. The highest BCUT2D eigenvalue weighted by atomic mass is 16.5. The van der Waals surface area contributed by atoms with Crippen LogP contribution in [0.2, 0.25) is 0 Å². The molecule has 0 saturated carbocycles. The van der Waals surface area contributed by atoms with Crippen molar-refractivity contribution in [1.82, 2.24) is 15.3 Å². The van der Waals surface area contributed by atoms with E-state index in [0.717, 1.165) is 41.3 Å². The van der Waals surface area contributed by atoms with Crippen molar-refractivity contribution in [2.45, 2.75) is 18.8 Å². The van der Waals surface area contributed by atoms with Gasteiger partial charge >= 0.3 is 0 Å². The molecule has 4 nitrogen and oxygen atoms in total. The zero-order chi connectivity index (χ0) is 15.6. The number of methoxy groups -OCH3 is 1. The molecule has 0 bridgehead atoms. The summed E-state index contributed by atoms with van der Waals surface area (Å²) in [5.74, 6) is 2.31. The number of benzene rings is 2. The summed E-state index contributed by atoms with van der Waals surface area (Å²) in [5.41, 5.74) is 4.56. The average Bonchev–Trinajstić information content (AvgIpc) is 3.06. The van der Waals surface area contributed by atoms with Gasteiger partial charge in [0.2, 0.25) is 0 Å². The Morgan fingerprint density at radius 2 is 1.87 bits per heavy atom. The molecule has 3 aromatic rings. The monoisotopic (exact) mass is 307 g/mol. The molecule has 4 rings (SSSR count). The van der Waals surface area contributed by atoms with Crippen molar-refractivity contribution in [3.63, 3.8) is 0 Å². The van der Waals surface area contributed by atoms with Crippen LogP contribution in [0.4, 0.5) is 0 Å². The molecule has 1 saturated heterocycles. The predicted molar refractivity (Wildman–Crippen MR) is 92.9 cm³/mol. The third-order valence-electron chi connectivity index (χ3n) is 4.68. The van der Waals surface area contributed by atoms with Gasteiger partial charge in [-0.15, -0.1) is 0 Å². The van der Waals surface area contributed by atoms with E-state index in [-0.39, 0.29) is 0 Å². The van der Waals surface area contributed by atoms with Gasteiger partial charge in [0.05, 0.1) is 23.7 Å². The van der Waals surface area contributed by atoms with Gasteiger partial charge in [0.1, 0.15) is 11.6 Å². The minimum Gasteiger partial charge on any atom is -0.496 e. The van der Waals surface area contributed by atoms with Crippen molar-refractivity contribution in [2.24, 2.45) is 0 Å². The fraction of sp³-hybridized carbons (Fsp3) is 0.316. The Morgan fingerprint density at radius 3 is 2.70 bits per heavy atom. The van der Waals surface area contributed by atoms with Crippen molar-refractivity contribution in [3.05, 3.63) is 48.0 Å². The number of aromatic nitrogens is 2. The van der Waals surface area contributed by atoms with Crippen LogP contribution in [0.3, 0.4) is 0 Å². The molecule has 4 heteroatoms. The number of nitrogens with one attached hydrogen (secondary N) is 2. The molecule has 2 aromatic carbocycles. The van der Waals surface area contributed by atoms with E-state index in [4.69, 9.17) is 9.72 Å². The second kappa shape index (κ2) is 6.05. The van der Waals surface area contributed by atoms with Crippen LogP contribution in [-0.2, 0) is 0 Å². The van der Waals surface area contributed by atoms with E-state index in [1.807, 2.05) is 24.3 Å². The van der Waals surface area contributed by atoms with E-state index >= 15 is 0 Å². The number of H-pyrrole nitrogens is 1. The molecule has 1 aromatic heterocycles. The molecule has 2 heterocycles. The first-order chi connectivity index (χ1) is 11.4. The van der Waals surface area contributed by atoms with Crippen molar-refractivity contribution < 1.29 is 4.74 Å². The van der Waals surface area contributed by atoms with Gasteiger partial charge in [0, 0.05) is 0 Å². The molecular formula is C19H21N3O. The average molecular weight is 307 g/mol. The van der Waals surface area contributed by atoms with Crippen LogP contribution in [0.5, 0.6) is 5.75 Å². The topological polar surface area (TPSA) is 49.9 Å². The third kappa shape index (κ3) is 2.59. The largest absolute Gasteiger partial charge is 0.496 e. The number of hydrogen-bond donors (Lipinski definition) is 2. The Balaban J connectivity index is 1.81. The fourth-order valence-corrected chi connectivity index (χ4v) is 3.48. The number of imidazole rings is 1. The minimum absolute atomic E-state index is 0.591. The molecule has 2 N–H and O–H groups in total. The summed E-state index contributed by atoms with van der Waals surface area (Å²) in [6, 6.07) is 14.5. The Labute approximate surface area is 135 Å². The van der Waals surface area contributed by atoms with Crippen molar-refractivity contribution in [2.75, 3.05) is 20.2 Å². The van der Waals surface area contributed by atoms with Crippen molar-refractivity contribution >= 4 is 11.0 Å². The number of para-hydroxylation sites is 2. The summed E-state index contributed by atoms with van der Waals surface area (Å²) in [4.78, 5) is 8.37. The van der Waals surface area contributed by atoms with Gasteiger partial charge in [-0.2, -0.15) is 0 Å². The Kier molecular flexibility index (Phi) is 3.75. The van der Waals surface area contributed by atoms with Crippen LogP contribution < -0.4 is 10.1 Å². The molecular weight excluding hydrogens is 286 g/mol. The minimum atomic E-state index is 0.591. The predicted octanol–water partition coefficient (Wildman–Crippen LogP) is 3.71. The number of rotatable bonds is 3. The lowest BCUT2D eigenvalue weighted by molar-refractivity contribution is 0.416. The van der Waals surface area contributed by atoms with E-state index in [1.165, 1.54) is 18.4 Å². The fourth-order valence-electron chi connectivity index (χ4n) is 3.48. The molecule has 1 aliphatic heterocycles. The first kappa shape index (κ1) is 14.3. The van der Waals surface area contributed by atoms with Crippen LogP contribution >= 0.6 is 0 Å². The Morgan fingerprint density at radius 1 is 1.04 bits per heavy atom. The number of fused-ring (bicyclic) bond motifs is 1. The molecule has 0 unspecified atom stereocenters. The van der Waals surface area contributed by atoms with Crippen LogP contribution in [0.25, 0.3) is 22.4 Å².